The molecule has 1 fully saturated rings. The lowest BCUT2D eigenvalue weighted by Gasteiger charge is -2.13. The average Bonchev–Trinajstić information content (AvgIpc) is 2.92. The van der Waals surface area contributed by atoms with Crippen LogP contribution in [-0.2, 0) is 4.79 Å². The van der Waals surface area contributed by atoms with Crippen LogP contribution in [0.5, 0.6) is 0 Å². The first-order valence-electron chi connectivity index (χ1n) is 8.30. The minimum absolute atomic E-state index is 0.145. The van der Waals surface area contributed by atoms with Crippen LogP contribution in [0.15, 0.2) is 53.4 Å². The lowest BCUT2D eigenvalue weighted by Crippen LogP contribution is -2.37. The van der Waals surface area contributed by atoms with Crippen molar-refractivity contribution in [1.29, 1.82) is 0 Å². The molecule has 3 amide bonds. The Kier molecular flexibility index (Phi) is 6.33. The summed E-state index contributed by atoms with van der Waals surface area (Å²) in [5, 5.41) is 2.44. The molecular formula is C20H17IN2O3S. The van der Waals surface area contributed by atoms with Crippen molar-refractivity contribution >= 4 is 57.5 Å². The van der Waals surface area contributed by atoms with Gasteiger partial charge in [-0.2, -0.15) is 0 Å². The maximum Gasteiger partial charge on any atom is 0.293 e. The molecule has 0 saturated carbocycles. The highest BCUT2D eigenvalue weighted by Gasteiger charge is 2.34. The molecule has 1 aliphatic rings. The summed E-state index contributed by atoms with van der Waals surface area (Å²) in [4.78, 5) is 38.4. The van der Waals surface area contributed by atoms with Crippen LogP contribution in [0.2, 0.25) is 0 Å². The molecule has 0 spiro atoms. The summed E-state index contributed by atoms with van der Waals surface area (Å²) < 4.78 is 1.09. The monoisotopic (exact) mass is 492 g/mol. The van der Waals surface area contributed by atoms with Crippen LogP contribution < -0.4 is 5.32 Å². The normalized spacial score (nSPS) is 15.5. The molecule has 0 aromatic heterocycles. The Bertz CT molecular complexity index is 928. The van der Waals surface area contributed by atoms with Crippen molar-refractivity contribution in [2.24, 2.45) is 0 Å². The van der Waals surface area contributed by atoms with Gasteiger partial charge >= 0.3 is 0 Å². The van der Waals surface area contributed by atoms with Gasteiger partial charge in [-0.1, -0.05) is 30.3 Å². The van der Waals surface area contributed by atoms with Crippen molar-refractivity contribution in [3.05, 3.63) is 73.7 Å². The zero-order valence-electron chi connectivity index (χ0n) is 14.6. The number of carbonyl (C=O) groups is 3. The van der Waals surface area contributed by atoms with Gasteiger partial charge < -0.3 is 5.32 Å². The van der Waals surface area contributed by atoms with Gasteiger partial charge in [0.15, 0.2) is 0 Å². The highest BCUT2D eigenvalue weighted by atomic mass is 127. The molecule has 7 heteroatoms. The van der Waals surface area contributed by atoms with E-state index in [1.165, 1.54) is 4.90 Å². The quantitative estimate of drug-likeness (QED) is 0.505. The Morgan fingerprint density at radius 2 is 1.93 bits per heavy atom. The highest BCUT2D eigenvalue weighted by molar-refractivity contribution is 14.1. The predicted molar refractivity (Wildman–Crippen MR) is 115 cm³/mol. The Labute approximate surface area is 175 Å². The second-order valence-electron chi connectivity index (χ2n) is 5.96. The molecular weight excluding hydrogens is 475 g/mol. The standard InChI is InChI=1S/C20H17IN2O3S/c1-13-11-15(7-8-16(13)21)18(24)22-9-10-23-19(25)17(27-20(23)26)12-14-5-3-2-4-6-14/h2-8,11-12H,9-10H2,1H3,(H,22,24). The Morgan fingerprint density at radius 3 is 2.63 bits per heavy atom. The zero-order valence-corrected chi connectivity index (χ0v) is 17.5. The van der Waals surface area contributed by atoms with Gasteiger partial charge in [0, 0.05) is 22.2 Å². The van der Waals surface area contributed by atoms with Crippen LogP contribution in [-0.4, -0.2) is 35.0 Å². The number of hydrogen-bond donors (Lipinski definition) is 1. The van der Waals surface area contributed by atoms with Crippen LogP contribution >= 0.6 is 34.4 Å². The molecule has 0 aliphatic carbocycles. The maximum absolute atomic E-state index is 12.5. The number of aryl methyl sites for hydroxylation is 1. The Balaban J connectivity index is 1.58. The van der Waals surface area contributed by atoms with Gasteiger partial charge in [0.2, 0.25) is 0 Å². The maximum atomic E-state index is 12.5. The minimum atomic E-state index is -0.326. The van der Waals surface area contributed by atoms with Crippen molar-refractivity contribution in [3.63, 3.8) is 0 Å². The van der Waals surface area contributed by atoms with Crippen molar-refractivity contribution in [3.8, 4) is 0 Å². The number of nitrogens with zero attached hydrogens (tertiary/aromatic N) is 1. The SMILES string of the molecule is Cc1cc(C(=O)NCCN2C(=O)SC(=Cc3ccccc3)C2=O)ccc1I. The van der Waals surface area contributed by atoms with Gasteiger partial charge in [0.25, 0.3) is 17.1 Å². The summed E-state index contributed by atoms with van der Waals surface area (Å²) >= 11 is 3.13. The summed E-state index contributed by atoms with van der Waals surface area (Å²) in [6, 6.07) is 14.8. The third-order valence-corrected chi connectivity index (χ3v) is 6.13. The van der Waals surface area contributed by atoms with Crippen molar-refractivity contribution in [2.75, 3.05) is 13.1 Å². The van der Waals surface area contributed by atoms with Crippen LogP contribution in [0.3, 0.4) is 0 Å². The summed E-state index contributed by atoms with van der Waals surface area (Å²) in [5.41, 5.74) is 2.46. The van der Waals surface area contributed by atoms with Crippen LogP contribution in [0.25, 0.3) is 6.08 Å². The van der Waals surface area contributed by atoms with Crippen molar-refractivity contribution < 1.29 is 14.4 Å². The number of halogens is 1. The second-order valence-corrected chi connectivity index (χ2v) is 8.12. The number of hydrogen-bond acceptors (Lipinski definition) is 4. The number of carbonyl (C=O) groups excluding carboxylic acids is 3. The number of amides is 3. The number of benzene rings is 2. The third-order valence-electron chi connectivity index (χ3n) is 4.01. The first kappa shape index (κ1) is 19.6. The van der Waals surface area contributed by atoms with Gasteiger partial charge in [-0.05, 0) is 76.7 Å². The van der Waals surface area contributed by atoms with Crippen molar-refractivity contribution in [1.82, 2.24) is 10.2 Å². The number of nitrogens with one attached hydrogen (secondary N) is 1. The molecule has 1 saturated heterocycles. The highest BCUT2D eigenvalue weighted by Crippen LogP contribution is 2.31. The van der Waals surface area contributed by atoms with Crippen molar-refractivity contribution in [2.45, 2.75) is 6.92 Å². The molecule has 0 radical (unpaired) electrons. The fourth-order valence-corrected chi connectivity index (χ4v) is 3.76. The van der Waals surface area contributed by atoms with E-state index in [1.54, 1.807) is 12.1 Å². The molecule has 0 bridgehead atoms. The zero-order chi connectivity index (χ0) is 19.4. The first-order chi connectivity index (χ1) is 13.0. The Hall–Kier alpha value is -2.13. The molecule has 3 rings (SSSR count). The fourth-order valence-electron chi connectivity index (χ4n) is 2.56. The molecule has 138 valence electrons. The van der Waals surface area contributed by atoms with Gasteiger partial charge in [-0.3, -0.25) is 19.3 Å². The molecule has 0 atom stereocenters. The Morgan fingerprint density at radius 1 is 1.19 bits per heavy atom. The summed E-state index contributed by atoms with van der Waals surface area (Å²) in [7, 11) is 0. The van der Waals surface area contributed by atoms with Gasteiger partial charge in [-0.15, -0.1) is 0 Å². The average molecular weight is 492 g/mol. The van der Waals surface area contributed by atoms with E-state index in [0.717, 1.165) is 26.5 Å². The smallest absolute Gasteiger partial charge is 0.293 e. The number of rotatable bonds is 5. The minimum Gasteiger partial charge on any atom is -0.350 e. The van der Waals surface area contributed by atoms with E-state index in [9.17, 15) is 14.4 Å². The molecule has 27 heavy (non-hydrogen) atoms. The lowest BCUT2D eigenvalue weighted by molar-refractivity contribution is -0.122. The van der Waals surface area contributed by atoms with E-state index in [1.807, 2.05) is 49.4 Å². The van der Waals surface area contributed by atoms with E-state index >= 15 is 0 Å². The topological polar surface area (TPSA) is 66.5 Å². The van der Waals surface area contributed by atoms with E-state index in [0.29, 0.717) is 10.5 Å². The second kappa shape index (κ2) is 8.71. The van der Waals surface area contributed by atoms with E-state index in [4.69, 9.17) is 0 Å². The van der Waals surface area contributed by atoms with Crippen LogP contribution in [0.4, 0.5) is 4.79 Å². The summed E-state index contributed by atoms with van der Waals surface area (Å²) in [6.45, 7) is 2.30. The third kappa shape index (κ3) is 4.78. The van der Waals surface area contributed by atoms with E-state index in [-0.39, 0.29) is 30.1 Å². The van der Waals surface area contributed by atoms with Crippen LogP contribution in [0, 0.1) is 10.5 Å². The van der Waals surface area contributed by atoms with Gasteiger partial charge in [0.05, 0.1) is 4.91 Å². The summed E-state index contributed by atoms with van der Waals surface area (Å²) in [5.74, 6) is -0.547. The van der Waals surface area contributed by atoms with Crippen LogP contribution in [0.1, 0.15) is 21.5 Å². The molecule has 1 heterocycles. The largest absolute Gasteiger partial charge is 0.350 e. The summed E-state index contributed by atoms with van der Waals surface area (Å²) in [6.07, 6.45) is 1.71. The lowest BCUT2D eigenvalue weighted by atomic mass is 10.1. The fraction of sp³-hybridized carbons (Fsp3) is 0.150. The molecule has 1 N–H and O–H groups in total. The predicted octanol–water partition coefficient (Wildman–Crippen LogP) is 4.07. The van der Waals surface area contributed by atoms with Gasteiger partial charge in [-0.25, -0.2) is 0 Å². The first-order valence-corrected chi connectivity index (χ1v) is 10.2. The molecule has 5 nitrogen and oxygen atoms in total. The molecule has 2 aromatic rings. The molecule has 2 aromatic carbocycles. The molecule has 1 aliphatic heterocycles. The van der Waals surface area contributed by atoms with Gasteiger partial charge in [0.1, 0.15) is 0 Å². The number of imide groups is 1. The molecule has 0 unspecified atom stereocenters. The number of thioether (sulfide) groups is 1. The van der Waals surface area contributed by atoms with E-state index < -0.39 is 0 Å². The van der Waals surface area contributed by atoms with E-state index in [2.05, 4.69) is 27.9 Å².